The number of methoxy groups -OCH3 is 3. The van der Waals surface area contributed by atoms with Gasteiger partial charge in [-0.1, -0.05) is 36.4 Å². The second kappa shape index (κ2) is 10.3. The molecular weight excluding hydrogens is 482 g/mol. The molecule has 3 aromatic carbocycles. The Balaban J connectivity index is 1.57. The van der Waals surface area contributed by atoms with Gasteiger partial charge in [0.1, 0.15) is 5.70 Å². The summed E-state index contributed by atoms with van der Waals surface area (Å²) in [6.07, 6.45) is 4.44. The first-order valence-electron chi connectivity index (χ1n) is 12.2. The molecule has 5 rings (SSSR count). The van der Waals surface area contributed by atoms with Gasteiger partial charge in [0.15, 0.2) is 11.5 Å². The number of aryl methyl sites for hydroxylation is 1. The van der Waals surface area contributed by atoms with Crippen molar-refractivity contribution in [2.75, 3.05) is 32.8 Å². The first-order valence-corrected chi connectivity index (χ1v) is 12.2. The number of rotatable bonds is 7. The van der Waals surface area contributed by atoms with Crippen molar-refractivity contribution in [2.24, 2.45) is 7.05 Å². The van der Waals surface area contributed by atoms with Crippen molar-refractivity contribution < 1.29 is 23.8 Å². The standard InChI is InChI=1S/C30H29N3O5/c1-32-18-21(22-10-6-8-12-25(22)32)15-23(30(35)33-14-13-19-9-5-7-11-24(19)33)31-29(34)20-16-26(36-2)28(38-4)27(17-20)37-3/h5-12,15-18H,13-14H2,1-4H3,(H,31,34)/b23-15-. The molecule has 38 heavy (non-hydrogen) atoms. The van der Waals surface area contributed by atoms with Crippen LogP contribution in [0.1, 0.15) is 21.5 Å². The van der Waals surface area contributed by atoms with Gasteiger partial charge in [0, 0.05) is 47.5 Å². The zero-order chi connectivity index (χ0) is 26.8. The largest absolute Gasteiger partial charge is 0.493 e. The highest BCUT2D eigenvalue weighted by atomic mass is 16.5. The monoisotopic (exact) mass is 511 g/mol. The summed E-state index contributed by atoms with van der Waals surface area (Å²) in [5.74, 6) is 0.302. The summed E-state index contributed by atoms with van der Waals surface area (Å²) in [5.41, 5.74) is 4.22. The SMILES string of the molecule is COc1cc(C(=O)N/C(=C\c2cn(C)c3ccccc23)C(=O)N2CCc3ccccc32)cc(OC)c1OC. The van der Waals surface area contributed by atoms with Gasteiger partial charge in [-0.3, -0.25) is 9.59 Å². The molecule has 0 radical (unpaired) electrons. The summed E-state index contributed by atoms with van der Waals surface area (Å²) >= 11 is 0. The van der Waals surface area contributed by atoms with Gasteiger partial charge in [0.2, 0.25) is 5.75 Å². The molecule has 0 aliphatic carbocycles. The molecule has 0 fully saturated rings. The van der Waals surface area contributed by atoms with Gasteiger partial charge in [0.05, 0.1) is 21.3 Å². The van der Waals surface area contributed by atoms with Crippen molar-refractivity contribution in [3.8, 4) is 17.2 Å². The zero-order valence-corrected chi connectivity index (χ0v) is 21.8. The first-order chi connectivity index (χ1) is 18.4. The molecule has 2 heterocycles. The Bertz CT molecular complexity index is 1540. The van der Waals surface area contributed by atoms with E-state index in [1.807, 2.05) is 66.3 Å². The number of carbonyl (C=O) groups is 2. The number of aromatic nitrogens is 1. The van der Waals surface area contributed by atoms with Gasteiger partial charge >= 0.3 is 0 Å². The van der Waals surface area contributed by atoms with Gasteiger partial charge < -0.3 is 29.0 Å². The van der Waals surface area contributed by atoms with E-state index in [1.165, 1.54) is 21.3 Å². The molecule has 1 aliphatic rings. The molecule has 1 aliphatic heterocycles. The summed E-state index contributed by atoms with van der Waals surface area (Å²) in [4.78, 5) is 29.2. The fourth-order valence-electron chi connectivity index (χ4n) is 4.90. The van der Waals surface area contributed by atoms with E-state index in [9.17, 15) is 9.59 Å². The average Bonchev–Trinajstić information content (AvgIpc) is 3.52. The average molecular weight is 512 g/mol. The number of fused-ring (bicyclic) bond motifs is 2. The van der Waals surface area contributed by atoms with E-state index in [4.69, 9.17) is 14.2 Å². The molecule has 0 bridgehead atoms. The second-order valence-electron chi connectivity index (χ2n) is 8.97. The first kappa shape index (κ1) is 25.0. The number of nitrogens with zero attached hydrogens (tertiary/aromatic N) is 2. The molecule has 0 saturated carbocycles. The maximum absolute atomic E-state index is 13.9. The van der Waals surface area contributed by atoms with Crippen LogP contribution in [0, 0.1) is 0 Å². The summed E-state index contributed by atoms with van der Waals surface area (Å²) in [6.45, 7) is 0.533. The quantitative estimate of drug-likeness (QED) is 0.368. The van der Waals surface area contributed by atoms with Crippen molar-refractivity contribution >= 4 is 34.5 Å². The Hall–Kier alpha value is -4.72. The minimum atomic E-state index is -0.475. The molecule has 4 aromatic rings. The number of nitrogens with one attached hydrogen (secondary N) is 1. The number of amides is 2. The van der Waals surface area contributed by atoms with E-state index in [1.54, 1.807) is 23.1 Å². The maximum Gasteiger partial charge on any atom is 0.274 e. The number of ether oxygens (including phenoxy) is 3. The van der Waals surface area contributed by atoms with Gasteiger partial charge in [-0.25, -0.2) is 0 Å². The summed E-state index contributed by atoms with van der Waals surface area (Å²) < 4.78 is 18.2. The normalized spacial score (nSPS) is 12.8. The topological polar surface area (TPSA) is 82.0 Å². The van der Waals surface area contributed by atoms with Crippen LogP contribution >= 0.6 is 0 Å². The van der Waals surface area contributed by atoms with Crippen LogP contribution in [0.25, 0.3) is 17.0 Å². The number of benzene rings is 3. The predicted molar refractivity (Wildman–Crippen MR) is 147 cm³/mol. The third kappa shape index (κ3) is 4.45. The third-order valence-corrected chi connectivity index (χ3v) is 6.77. The smallest absolute Gasteiger partial charge is 0.274 e. The third-order valence-electron chi connectivity index (χ3n) is 6.77. The minimum Gasteiger partial charge on any atom is -0.493 e. The molecule has 8 nitrogen and oxygen atoms in total. The lowest BCUT2D eigenvalue weighted by molar-refractivity contribution is -0.115. The Kier molecular flexibility index (Phi) is 6.79. The number of para-hydroxylation sites is 2. The van der Waals surface area contributed by atoms with Crippen LogP contribution in [-0.2, 0) is 18.3 Å². The van der Waals surface area contributed by atoms with Crippen molar-refractivity contribution in [3.05, 3.63) is 89.2 Å². The van der Waals surface area contributed by atoms with Crippen molar-refractivity contribution in [3.63, 3.8) is 0 Å². The zero-order valence-electron chi connectivity index (χ0n) is 21.8. The number of carbonyl (C=O) groups excluding carboxylic acids is 2. The van der Waals surface area contributed by atoms with Crippen LogP contribution in [0.2, 0.25) is 0 Å². The Morgan fingerprint density at radius 3 is 2.32 bits per heavy atom. The summed E-state index contributed by atoms with van der Waals surface area (Å²) in [6, 6.07) is 18.9. The molecule has 8 heteroatoms. The number of anilines is 1. The molecule has 0 saturated heterocycles. The van der Waals surface area contributed by atoms with Gasteiger partial charge in [-0.15, -0.1) is 0 Å². The van der Waals surface area contributed by atoms with Crippen LogP contribution in [-0.4, -0.2) is 44.3 Å². The lowest BCUT2D eigenvalue weighted by Crippen LogP contribution is -2.37. The summed E-state index contributed by atoms with van der Waals surface area (Å²) in [7, 11) is 6.42. The molecule has 0 atom stereocenters. The van der Waals surface area contributed by atoms with Crippen LogP contribution in [0.3, 0.4) is 0 Å². The van der Waals surface area contributed by atoms with Gasteiger partial charge in [0.25, 0.3) is 11.8 Å². The fourth-order valence-corrected chi connectivity index (χ4v) is 4.90. The molecule has 1 N–H and O–H groups in total. The van der Waals surface area contributed by atoms with E-state index >= 15 is 0 Å². The van der Waals surface area contributed by atoms with Crippen LogP contribution in [0.4, 0.5) is 5.69 Å². The van der Waals surface area contributed by atoms with Crippen LogP contribution in [0.5, 0.6) is 17.2 Å². The molecule has 1 aromatic heterocycles. The van der Waals surface area contributed by atoms with E-state index in [2.05, 4.69) is 5.32 Å². The van der Waals surface area contributed by atoms with E-state index in [0.717, 1.165) is 34.1 Å². The molecule has 0 unspecified atom stereocenters. The van der Waals surface area contributed by atoms with Crippen LogP contribution < -0.4 is 24.4 Å². The van der Waals surface area contributed by atoms with Crippen molar-refractivity contribution in [1.82, 2.24) is 9.88 Å². The van der Waals surface area contributed by atoms with Crippen molar-refractivity contribution in [1.29, 1.82) is 0 Å². The van der Waals surface area contributed by atoms with Crippen molar-refractivity contribution in [2.45, 2.75) is 6.42 Å². The molecule has 2 amide bonds. The van der Waals surface area contributed by atoms with E-state index in [0.29, 0.717) is 23.8 Å². The number of hydrogen-bond acceptors (Lipinski definition) is 5. The van der Waals surface area contributed by atoms with E-state index in [-0.39, 0.29) is 17.2 Å². The Labute approximate surface area is 221 Å². The second-order valence-corrected chi connectivity index (χ2v) is 8.97. The highest BCUT2D eigenvalue weighted by molar-refractivity contribution is 6.13. The van der Waals surface area contributed by atoms with Gasteiger partial charge in [-0.05, 0) is 42.3 Å². The Morgan fingerprint density at radius 1 is 0.921 bits per heavy atom. The van der Waals surface area contributed by atoms with E-state index < -0.39 is 5.91 Å². The molecular formula is C30H29N3O5. The van der Waals surface area contributed by atoms with Gasteiger partial charge in [-0.2, -0.15) is 0 Å². The van der Waals surface area contributed by atoms with Crippen LogP contribution in [0.15, 0.2) is 72.6 Å². The predicted octanol–water partition coefficient (Wildman–Crippen LogP) is 4.56. The fraction of sp³-hybridized carbons (Fsp3) is 0.200. The highest BCUT2D eigenvalue weighted by Crippen LogP contribution is 2.38. The summed E-state index contributed by atoms with van der Waals surface area (Å²) in [5, 5.41) is 3.85. The lowest BCUT2D eigenvalue weighted by Gasteiger charge is -2.20. The maximum atomic E-state index is 13.9. The lowest BCUT2D eigenvalue weighted by atomic mass is 10.1. The highest BCUT2D eigenvalue weighted by Gasteiger charge is 2.28. The molecule has 194 valence electrons. The molecule has 0 spiro atoms. The minimum absolute atomic E-state index is 0.164. The number of hydrogen-bond donors (Lipinski definition) is 1. The Morgan fingerprint density at radius 2 is 1.61 bits per heavy atom.